The molecule has 1 aromatic carbocycles. The first-order valence-corrected chi connectivity index (χ1v) is 10.0. The quantitative estimate of drug-likeness (QED) is 0.581. The lowest BCUT2D eigenvalue weighted by atomic mass is 9.78. The van der Waals surface area contributed by atoms with E-state index in [1.807, 2.05) is 0 Å². The number of nitrogens with one attached hydrogen (secondary N) is 2. The maximum absolute atomic E-state index is 13.4. The first-order valence-electron chi connectivity index (χ1n) is 9.65. The van der Waals surface area contributed by atoms with Crippen LogP contribution < -0.4 is 20.1 Å². The number of hydrogen-bond acceptors (Lipinski definition) is 5. The molecule has 0 unspecified atom stereocenters. The molecule has 3 aliphatic rings. The average Bonchev–Trinajstić information content (AvgIpc) is 3.21. The largest absolute Gasteiger partial charge is 0.574 e. The molecule has 1 heterocycles. The summed E-state index contributed by atoms with van der Waals surface area (Å²) in [6.07, 6.45) is -2.40. The average molecular weight is 486 g/mol. The smallest absolute Gasteiger partial charge is 0.484 e. The molecule has 0 aliphatic heterocycles. The molecule has 2 bridgehead atoms. The van der Waals surface area contributed by atoms with Gasteiger partial charge in [0.2, 0.25) is 5.88 Å². The molecular weight excluding hydrogens is 470 g/mol. The van der Waals surface area contributed by atoms with Crippen LogP contribution in [-0.4, -0.2) is 35.3 Å². The van der Waals surface area contributed by atoms with Crippen LogP contribution in [0, 0.1) is 5.82 Å². The molecule has 2 aromatic rings. The molecule has 3 aliphatic carbocycles. The summed E-state index contributed by atoms with van der Waals surface area (Å²) in [6, 6.07) is 5.97. The maximum Gasteiger partial charge on any atom is 0.574 e. The standard InChI is InChI=1S/C21H16ClF4N3O4/c22-14-3-2-13(5-15(14)23)32-10-17(30)28-16-8-20(6-12(16)7-20)29-19(31)11-1-4-18(27-9-11)33-21(24,25)26/h1-5,9H,6-8,10H2,(H,28,30)(H,29,31). The highest BCUT2D eigenvalue weighted by Gasteiger charge is 2.50. The van der Waals surface area contributed by atoms with Gasteiger partial charge < -0.3 is 20.1 Å². The number of carbonyl (C=O) groups is 2. The fraction of sp³-hybridized carbons (Fsp3) is 0.286. The monoisotopic (exact) mass is 485 g/mol. The van der Waals surface area contributed by atoms with E-state index in [2.05, 4.69) is 20.4 Å². The van der Waals surface area contributed by atoms with Crippen molar-refractivity contribution < 1.29 is 36.6 Å². The van der Waals surface area contributed by atoms with Crippen molar-refractivity contribution >= 4 is 23.4 Å². The highest BCUT2D eigenvalue weighted by molar-refractivity contribution is 6.30. The Kier molecular flexibility index (Phi) is 5.91. The molecule has 0 spiro atoms. The minimum absolute atomic E-state index is 0.0572. The van der Waals surface area contributed by atoms with Gasteiger partial charge >= 0.3 is 6.36 Å². The normalized spacial score (nSPS) is 16.2. The van der Waals surface area contributed by atoms with Crippen molar-refractivity contribution in [2.75, 3.05) is 6.61 Å². The van der Waals surface area contributed by atoms with Crippen molar-refractivity contribution in [3.63, 3.8) is 0 Å². The van der Waals surface area contributed by atoms with Gasteiger partial charge in [0.1, 0.15) is 11.6 Å². The predicted octanol–water partition coefficient (Wildman–Crippen LogP) is 3.89. The van der Waals surface area contributed by atoms with Gasteiger partial charge in [-0.2, -0.15) is 0 Å². The van der Waals surface area contributed by atoms with Crippen LogP contribution in [0.5, 0.6) is 11.6 Å². The zero-order valence-electron chi connectivity index (χ0n) is 16.8. The number of amides is 2. The molecule has 2 N–H and O–H groups in total. The number of hydrogen-bond donors (Lipinski definition) is 2. The molecule has 1 saturated carbocycles. The van der Waals surface area contributed by atoms with Gasteiger partial charge in [-0.3, -0.25) is 9.59 Å². The summed E-state index contributed by atoms with van der Waals surface area (Å²) >= 11 is 5.60. The van der Waals surface area contributed by atoms with E-state index in [0.717, 1.165) is 23.9 Å². The number of pyridine rings is 1. The highest BCUT2D eigenvalue weighted by atomic mass is 35.5. The van der Waals surface area contributed by atoms with E-state index in [1.165, 1.54) is 18.2 Å². The Hall–Kier alpha value is -3.34. The van der Waals surface area contributed by atoms with Gasteiger partial charge in [-0.15, -0.1) is 13.2 Å². The van der Waals surface area contributed by atoms with Crippen molar-refractivity contribution in [3.05, 3.63) is 64.2 Å². The van der Waals surface area contributed by atoms with Gasteiger partial charge in [-0.1, -0.05) is 11.6 Å². The van der Waals surface area contributed by atoms with Crippen LogP contribution in [0.1, 0.15) is 29.6 Å². The summed E-state index contributed by atoms with van der Waals surface area (Å²) < 4.78 is 59.0. The number of benzene rings is 1. The lowest BCUT2D eigenvalue weighted by Gasteiger charge is -2.37. The van der Waals surface area contributed by atoms with E-state index < -0.39 is 35.4 Å². The van der Waals surface area contributed by atoms with E-state index in [1.54, 1.807) is 0 Å². The second-order valence-electron chi connectivity index (χ2n) is 7.69. The van der Waals surface area contributed by atoms with Crippen molar-refractivity contribution in [1.29, 1.82) is 0 Å². The Bertz CT molecular complexity index is 1130. The lowest BCUT2D eigenvalue weighted by molar-refractivity contribution is -0.276. The minimum atomic E-state index is -4.87. The number of carbonyl (C=O) groups excluding carboxylic acids is 2. The van der Waals surface area contributed by atoms with E-state index >= 15 is 0 Å². The second-order valence-corrected chi connectivity index (χ2v) is 8.10. The van der Waals surface area contributed by atoms with Crippen LogP contribution in [0.2, 0.25) is 5.02 Å². The molecule has 5 rings (SSSR count). The fourth-order valence-electron chi connectivity index (χ4n) is 3.76. The highest BCUT2D eigenvalue weighted by Crippen LogP contribution is 2.50. The molecule has 33 heavy (non-hydrogen) atoms. The molecule has 174 valence electrons. The van der Waals surface area contributed by atoms with Gasteiger partial charge in [-0.25, -0.2) is 9.37 Å². The zero-order valence-corrected chi connectivity index (χ0v) is 17.5. The molecule has 1 fully saturated rings. The van der Waals surface area contributed by atoms with Crippen molar-refractivity contribution in [2.24, 2.45) is 0 Å². The van der Waals surface area contributed by atoms with Crippen LogP contribution in [0.4, 0.5) is 17.6 Å². The lowest BCUT2D eigenvalue weighted by Crippen LogP contribution is -2.51. The number of nitrogens with zero attached hydrogens (tertiary/aromatic N) is 1. The van der Waals surface area contributed by atoms with Gasteiger partial charge in [0.05, 0.1) is 16.1 Å². The fourth-order valence-corrected chi connectivity index (χ4v) is 3.88. The van der Waals surface area contributed by atoms with Crippen molar-refractivity contribution in [1.82, 2.24) is 15.6 Å². The SMILES string of the molecule is O=C(COc1ccc(Cl)c(F)c1)NC1=C2CC(NC(=O)c3ccc(OC(F)(F)F)nc3)(C2)C1. The number of aromatic nitrogens is 1. The van der Waals surface area contributed by atoms with E-state index in [-0.39, 0.29) is 22.9 Å². The van der Waals surface area contributed by atoms with Crippen LogP contribution >= 0.6 is 11.6 Å². The zero-order chi connectivity index (χ0) is 23.8. The Labute approximate surface area is 189 Å². The third-order valence-corrected chi connectivity index (χ3v) is 5.50. The van der Waals surface area contributed by atoms with Gasteiger partial charge in [0.25, 0.3) is 11.8 Å². The molecule has 1 aromatic heterocycles. The Morgan fingerprint density at radius 1 is 1.15 bits per heavy atom. The predicted molar refractivity (Wildman–Crippen MR) is 107 cm³/mol. The van der Waals surface area contributed by atoms with Gasteiger partial charge in [0, 0.05) is 30.4 Å². The number of ether oxygens (including phenoxy) is 2. The number of fused-ring (bicyclic) bond motifs is 1. The molecule has 7 nitrogen and oxygen atoms in total. The second kappa shape index (κ2) is 8.54. The Balaban J connectivity index is 1.27. The summed E-state index contributed by atoms with van der Waals surface area (Å²) in [7, 11) is 0. The summed E-state index contributed by atoms with van der Waals surface area (Å²) in [5.41, 5.74) is 1.16. The molecule has 2 amide bonds. The van der Waals surface area contributed by atoms with E-state index in [9.17, 15) is 27.2 Å². The topological polar surface area (TPSA) is 89.6 Å². The van der Waals surface area contributed by atoms with Gasteiger partial charge in [0.15, 0.2) is 6.61 Å². The summed E-state index contributed by atoms with van der Waals surface area (Å²) in [6.45, 7) is -0.338. The van der Waals surface area contributed by atoms with Gasteiger partial charge in [-0.05, 0) is 36.6 Å². The summed E-state index contributed by atoms with van der Waals surface area (Å²) in [4.78, 5) is 28.2. The van der Waals surface area contributed by atoms with Crippen molar-refractivity contribution in [3.8, 4) is 11.6 Å². The van der Waals surface area contributed by atoms with Crippen LogP contribution in [0.15, 0.2) is 47.8 Å². The molecular formula is C21H16ClF4N3O4. The van der Waals surface area contributed by atoms with E-state index in [4.69, 9.17) is 16.3 Å². The third kappa shape index (κ3) is 5.36. The Morgan fingerprint density at radius 3 is 2.55 bits per heavy atom. The first-order chi connectivity index (χ1) is 15.5. The number of alkyl halides is 3. The summed E-state index contributed by atoms with van der Waals surface area (Å²) in [5.74, 6) is -2.11. The first kappa shape index (κ1) is 22.8. The third-order valence-electron chi connectivity index (χ3n) is 5.19. The minimum Gasteiger partial charge on any atom is -0.484 e. The molecule has 12 heteroatoms. The molecule has 0 atom stereocenters. The van der Waals surface area contributed by atoms with Crippen molar-refractivity contribution in [2.45, 2.75) is 31.2 Å². The maximum atomic E-state index is 13.4. The molecule has 0 saturated heterocycles. The van der Waals surface area contributed by atoms with E-state index in [0.29, 0.717) is 25.0 Å². The van der Waals surface area contributed by atoms with Crippen LogP contribution in [0.3, 0.4) is 0 Å². The molecule has 0 radical (unpaired) electrons. The number of rotatable bonds is 7. The van der Waals surface area contributed by atoms with Crippen LogP contribution in [0.25, 0.3) is 0 Å². The Morgan fingerprint density at radius 2 is 1.91 bits per heavy atom. The number of halogens is 5. The summed E-state index contributed by atoms with van der Waals surface area (Å²) in [5, 5.41) is 5.54. The van der Waals surface area contributed by atoms with Crippen LogP contribution in [-0.2, 0) is 4.79 Å².